The lowest BCUT2D eigenvalue weighted by Crippen LogP contribution is -2.13. The summed E-state index contributed by atoms with van der Waals surface area (Å²) in [5, 5.41) is 0. The number of aromatic nitrogens is 1. The molecule has 4 nitrogen and oxygen atoms in total. The molecule has 0 saturated carbocycles. The van der Waals surface area contributed by atoms with Crippen molar-refractivity contribution in [1.82, 2.24) is 4.98 Å². The van der Waals surface area contributed by atoms with Gasteiger partial charge in [0.2, 0.25) is 0 Å². The van der Waals surface area contributed by atoms with E-state index in [1.54, 1.807) is 6.92 Å². The Morgan fingerprint density at radius 1 is 1.65 bits per heavy atom. The second kappa shape index (κ2) is 5.77. The van der Waals surface area contributed by atoms with E-state index >= 15 is 0 Å². The van der Waals surface area contributed by atoms with Crippen LogP contribution < -0.4 is 5.73 Å². The van der Waals surface area contributed by atoms with Gasteiger partial charge in [-0.2, -0.15) is 0 Å². The van der Waals surface area contributed by atoms with Crippen molar-refractivity contribution in [2.75, 3.05) is 12.3 Å². The average molecular weight is 265 g/mol. The van der Waals surface area contributed by atoms with Crippen LogP contribution in [0.2, 0.25) is 0 Å². The molecule has 0 amide bonds. The van der Waals surface area contributed by atoms with Crippen LogP contribution in [0.15, 0.2) is 6.20 Å². The van der Waals surface area contributed by atoms with Crippen LogP contribution in [-0.2, 0) is 10.6 Å². The van der Waals surface area contributed by atoms with Crippen LogP contribution >= 0.6 is 11.6 Å². The number of halogens is 3. The van der Waals surface area contributed by atoms with Crippen LogP contribution in [0.4, 0.5) is 14.5 Å². The van der Waals surface area contributed by atoms with Crippen molar-refractivity contribution in [3.05, 3.63) is 23.0 Å². The molecule has 7 heteroatoms. The van der Waals surface area contributed by atoms with Gasteiger partial charge in [-0.05, 0) is 6.92 Å². The normalized spacial score (nSPS) is 10.6. The molecule has 0 bridgehead atoms. The summed E-state index contributed by atoms with van der Waals surface area (Å²) in [4.78, 5) is 15.1. The van der Waals surface area contributed by atoms with Crippen molar-refractivity contribution in [2.24, 2.45) is 0 Å². The lowest BCUT2D eigenvalue weighted by Gasteiger charge is -2.12. The van der Waals surface area contributed by atoms with Crippen molar-refractivity contribution in [3.8, 4) is 0 Å². The van der Waals surface area contributed by atoms with Crippen LogP contribution in [0.3, 0.4) is 0 Å². The summed E-state index contributed by atoms with van der Waals surface area (Å²) in [6.07, 6.45) is -1.75. The van der Waals surface area contributed by atoms with Gasteiger partial charge in [-0.25, -0.2) is 13.6 Å². The van der Waals surface area contributed by atoms with Gasteiger partial charge < -0.3 is 10.5 Å². The number of anilines is 1. The molecule has 1 rings (SSSR count). The molecule has 17 heavy (non-hydrogen) atoms. The monoisotopic (exact) mass is 264 g/mol. The molecule has 0 radical (unpaired) electrons. The van der Waals surface area contributed by atoms with Crippen molar-refractivity contribution in [3.63, 3.8) is 0 Å². The fourth-order valence-electron chi connectivity index (χ4n) is 1.30. The Morgan fingerprint density at radius 2 is 2.29 bits per heavy atom. The summed E-state index contributed by atoms with van der Waals surface area (Å²) < 4.78 is 30.2. The number of alkyl halides is 3. The second-order valence-electron chi connectivity index (χ2n) is 3.10. The van der Waals surface area contributed by atoms with Gasteiger partial charge in [0.25, 0.3) is 6.43 Å². The third-order valence-corrected chi connectivity index (χ3v) is 2.33. The van der Waals surface area contributed by atoms with Crippen molar-refractivity contribution < 1.29 is 18.3 Å². The molecule has 1 aromatic heterocycles. The van der Waals surface area contributed by atoms with Crippen LogP contribution in [-0.4, -0.2) is 17.6 Å². The molecule has 1 heterocycles. The largest absolute Gasteiger partial charge is 0.462 e. The second-order valence-corrected chi connectivity index (χ2v) is 3.37. The Bertz CT molecular complexity index is 427. The molecule has 0 unspecified atom stereocenters. The number of nitrogen functional groups attached to an aromatic ring is 1. The Morgan fingerprint density at radius 3 is 2.76 bits per heavy atom. The average Bonchev–Trinajstić information content (AvgIpc) is 2.27. The third kappa shape index (κ3) is 2.82. The van der Waals surface area contributed by atoms with E-state index in [2.05, 4.69) is 9.72 Å². The first-order valence-electron chi connectivity index (χ1n) is 4.81. The molecule has 94 valence electrons. The van der Waals surface area contributed by atoms with E-state index in [4.69, 9.17) is 17.3 Å². The number of hydrogen-bond acceptors (Lipinski definition) is 4. The lowest BCUT2D eigenvalue weighted by molar-refractivity contribution is 0.0526. The fraction of sp³-hybridized carbons (Fsp3) is 0.400. The number of nitrogens with zero attached hydrogens (tertiary/aromatic N) is 1. The van der Waals surface area contributed by atoms with Gasteiger partial charge >= 0.3 is 5.97 Å². The number of carbonyl (C=O) groups excluding carboxylic acids is 1. The summed E-state index contributed by atoms with van der Waals surface area (Å²) in [5.74, 6) is -0.979. The number of pyridine rings is 1. The van der Waals surface area contributed by atoms with E-state index in [-0.39, 0.29) is 29.4 Å². The van der Waals surface area contributed by atoms with Gasteiger partial charge in [0.05, 0.1) is 29.4 Å². The maximum atomic E-state index is 12.8. The van der Waals surface area contributed by atoms with Gasteiger partial charge in [-0.1, -0.05) is 0 Å². The highest BCUT2D eigenvalue weighted by atomic mass is 35.5. The van der Waals surface area contributed by atoms with Crippen molar-refractivity contribution >= 4 is 23.3 Å². The first kappa shape index (κ1) is 13.6. The smallest absolute Gasteiger partial charge is 0.341 e. The first-order chi connectivity index (χ1) is 8.02. The summed E-state index contributed by atoms with van der Waals surface area (Å²) in [7, 11) is 0. The van der Waals surface area contributed by atoms with E-state index in [1.807, 2.05) is 0 Å². The molecule has 0 fully saturated rings. The maximum Gasteiger partial charge on any atom is 0.341 e. The SMILES string of the molecule is CCOC(=O)c1cnc(CCl)c(C(F)F)c1N. The van der Waals surface area contributed by atoms with Crippen molar-refractivity contribution in [1.29, 1.82) is 0 Å². The molecule has 0 aliphatic carbocycles. The molecule has 2 N–H and O–H groups in total. The standard InChI is InChI=1S/C10H11ClF2N2O2/c1-2-17-10(16)5-4-15-6(3-11)7(8(5)14)9(12)13/h4,9H,2-3H2,1H3,(H2,14,15). The van der Waals surface area contributed by atoms with Crippen LogP contribution in [0.1, 0.15) is 35.0 Å². The Labute approximate surface area is 102 Å². The number of hydrogen-bond donors (Lipinski definition) is 1. The van der Waals surface area contributed by atoms with E-state index in [9.17, 15) is 13.6 Å². The highest BCUT2D eigenvalue weighted by Gasteiger charge is 2.23. The summed E-state index contributed by atoms with van der Waals surface area (Å²) in [5.41, 5.74) is 4.47. The van der Waals surface area contributed by atoms with E-state index < -0.39 is 18.0 Å². The Kier molecular flexibility index (Phi) is 4.62. The van der Waals surface area contributed by atoms with Crippen LogP contribution in [0, 0.1) is 0 Å². The zero-order valence-corrected chi connectivity index (χ0v) is 9.80. The van der Waals surface area contributed by atoms with Crippen LogP contribution in [0.5, 0.6) is 0 Å². The number of rotatable bonds is 4. The molecule has 0 aliphatic rings. The van der Waals surface area contributed by atoms with E-state index in [1.165, 1.54) is 0 Å². The molecule has 1 aromatic rings. The highest BCUT2D eigenvalue weighted by Crippen LogP contribution is 2.31. The molecule has 0 atom stereocenters. The zero-order chi connectivity index (χ0) is 13.0. The number of carbonyl (C=O) groups is 1. The van der Waals surface area contributed by atoms with Gasteiger partial charge in [0.1, 0.15) is 5.56 Å². The van der Waals surface area contributed by atoms with Gasteiger partial charge in [-0.15, -0.1) is 11.6 Å². The molecular weight excluding hydrogens is 254 g/mol. The minimum atomic E-state index is -2.84. The molecular formula is C10H11ClF2N2O2. The topological polar surface area (TPSA) is 65.2 Å². The molecule has 0 aliphatic heterocycles. The highest BCUT2D eigenvalue weighted by molar-refractivity contribution is 6.17. The van der Waals surface area contributed by atoms with E-state index in [0.29, 0.717) is 0 Å². The predicted octanol–water partition coefficient (Wildman–Crippen LogP) is 2.52. The summed E-state index contributed by atoms with van der Waals surface area (Å²) in [6.45, 7) is 1.72. The molecule has 0 aromatic carbocycles. The van der Waals surface area contributed by atoms with E-state index in [0.717, 1.165) is 6.20 Å². The van der Waals surface area contributed by atoms with Gasteiger partial charge in [0, 0.05) is 6.20 Å². The van der Waals surface area contributed by atoms with Gasteiger partial charge in [0.15, 0.2) is 0 Å². The maximum absolute atomic E-state index is 12.8. The Balaban J connectivity index is 3.27. The zero-order valence-electron chi connectivity index (χ0n) is 9.04. The quantitative estimate of drug-likeness (QED) is 0.670. The molecule has 0 spiro atoms. The summed E-state index contributed by atoms with van der Waals surface area (Å²) >= 11 is 5.47. The predicted molar refractivity (Wildman–Crippen MR) is 59.1 cm³/mol. The van der Waals surface area contributed by atoms with Crippen LogP contribution in [0.25, 0.3) is 0 Å². The lowest BCUT2D eigenvalue weighted by atomic mass is 10.1. The minimum Gasteiger partial charge on any atom is -0.462 e. The fourth-order valence-corrected chi connectivity index (χ4v) is 1.52. The summed E-state index contributed by atoms with van der Waals surface area (Å²) in [6, 6.07) is 0. The number of nitrogens with two attached hydrogens (primary N) is 1. The van der Waals surface area contributed by atoms with Crippen molar-refractivity contribution in [2.45, 2.75) is 19.2 Å². The first-order valence-corrected chi connectivity index (χ1v) is 5.34. The van der Waals surface area contributed by atoms with Gasteiger partial charge in [-0.3, -0.25) is 4.98 Å². The number of esters is 1. The molecule has 0 saturated heterocycles. The Hall–Kier alpha value is -1.43. The minimum absolute atomic E-state index is 0.0350. The third-order valence-electron chi connectivity index (χ3n) is 2.08. The number of ether oxygens (including phenoxy) is 1.